The van der Waals surface area contributed by atoms with Crippen LogP contribution in [0.1, 0.15) is 35.2 Å². The van der Waals surface area contributed by atoms with Crippen molar-refractivity contribution >= 4 is 33.2 Å². The van der Waals surface area contributed by atoms with Crippen molar-refractivity contribution in [3.05, 3.63) is 34.7 Å². The van der Waals surface area contributed by atoms with Crippen molar-refractivity contribution in [3.8, 4) is 0 Å². The molecule has 0 radical (unpaired) electrons. The maximum atomic E-state index is 12.8. The maximum Gasteiger partial charge on any atom is 0.261 e. The number of nitrogens with zero attached hydrogens (tertiary/aromatic N) is 1. The lowest BCUT2D eigenvalue weighted by Crippen LogP contribution is -2.51. The molecular formula is C20H26N2O5S. The van der Waals surface area contributed by atoms with Gasteiger partial charge in [-0.3, -0.25) is 9.59 Å². The van der Waals surface area contributed by atoms with Crippen molar-refractivity contribution in [1.29, 1.82) is 0 Å². The molecule has 2 aromatic rings. The number of methoxy groups -OCH3 is 1. The molecule has 1 saturated heterocycles. The Kier molecular flexibility index (Phi) is 6.34. The van der Waals surface area contributed by atoms with Crippen LogP contribution in [0.4, 0.5) is 0 Å². The van der Waals surface area contributed by atoms with Gasteiger partial charge >= 0.3 is 0 Å². The lowest BCUT2D eigenvalue weighted by molar-refractivity contribution is -0.158. The zero-order valence-corrected chi connectivity index (χ0v) is 17.2. The summed E-state index contributed by atoms with van der Waals surface area (Å²) in [5.74, 6) is -0.344. The van der Waals surface area contributed by atoms with Crippen LogP contribution in [0.25, 0.3) is 10.1 Å². The zero-order chi connectivity index (χ0) is 20.3. The highest BCUT2D eigenvalue weighted by Gasteiger charge is 2.37. The Labute approximate surface area is 168 Å². The van der Waals surface area contributed by atoms with Crippen molar-refractivity contribution in [2.75, 3.05) is 40.0 Å². The molecule has 1 aliphatic rings. The first-order chi connectivity index (χ1) is 13.4. The van der Waals surface area contributed by atoms with E-state index in [9.17, 15) is 9.59 Å². The van der Waals surface area contributed by atoms with Gasteiger partial charge in [-0.15, -0.1) is 11.3 Å². The van der Waals surface area contributed by atoms with E-state index in [1.807, 2.05) is 24.3 Å². The number of hydrogen-bond donors (Lipinski definition) is 2. The number of aliphatic hydroxyl groups is 1. The number of carbonyl (C=O) groups excluding carboxylic acids is 2. The van der Waals surface area contributed by atoms with Crippen molar-refractivity contribution in [1.82, 2.24) is 10.2 Å². The molecule has 0 spiro atoms. The molecule has 1 aromatic carbocycles. The zero-order valence-electron chi connectivity index (χ0n) is 16.4. The minimum Gasteiger partial charge on any atom is -0.395 e. The topological polar surface area (TPSA) is 88.1 Å². The number of thiophene rings is 1. The van der Waals surface area contributed by atoms with Crippen molar-refractivity contribution in [2.24, 2.45) is 0 Å². The molecule has 2 amide bonds. The maximum absolute atomic E-state index is 12.8. The third-order valence-electron chi connectivity index (χ3n) is 4.94. The average Bonchev–Trinajstić information content (AvgIpc) is 3.11. The number of nitrogens with one attached hydrogen (secondary N) is 1. The average molecular weight is 407 g/mol. The molecular weight excluding hydrogens is 380 g/mol. The Hall–Kier alpha value is -2.00. The molecule has 28 heavy (non-hydrogen) atoms. The molecule has 0 aliphatic carbocycles. The van der Waals surface area contributed by atoms with E-state index in [0.29, 0.717) is 24.6 Å². The van der Waals surface area contributed by atoms with Crippen LogP contribution in [0.15, 0.2) is 24.3 Å². The van der Waals surface area contributed by atoms with Gasteiger partial charge in [0, 0.05) is 30.5 Å². The molecule has 1 unspecified atom stereocenters. The van der Waals surface area contributed by atoms with Crippen LogP contribution in [-0.2, 0) is 14.3 Å². The summed E-state index contributed by atoms with van der Waals surface area (Å²) in [6, 6.07) is 7.78. The third kappa shape index (κ3) is 4.05. The van der Waals surface area contributed by atoms with Gasteiger partial charge in [-0.25, -0.2) is 0 Å². The SMILES string of the molecule is COC(C)(C)C(=O)N1CCOC(c2c(C(=O)NCCO)sc3ccccc23)C1. The fourth-order valence-corrected chi connectivity index (χ4v) is 4.45. The number of fused-ring (bicyclic) bond motifs is 1. The number of hydrogen-bond acceptors (Lipinski definition) is 6. The summed E-state index contributed by atoms with van der Waals surface area (Å²) in [6.07, 6.45) is -0.406. The van der Waals surface area contributed by atoms with Crippen molar-refractivity contribution in [3.63, 3.8) is 0 Å². The molecule has 1 atom stereocenters. The van der Waals surface area contributed by atoms with Gasteiger partial charge in [-0.1, -0.05) is 18.2 Å². The molecule has 7 nitrogen and oxygen atoms in total. The second-order valence-corrected chi connectivity index (χ2v) is 8.20. The summed E-state index contributed by atoms with van der Waals surface area (Å²) in [7, 11) is 1.52. The number of amides is 2. The number of ether oxygens (including phenoxy) is 2. The van der Waals surface area contributed by atoms with Gasteiger partial charge < -0.3 is 24.8 Å². The van der Waals surface area contributed by atoms with Crippen LogP contribution < -0.4 is 5.32 Å². The minimum absolute atomic E-state index is 0.103. The number of aliphatic hydroxyl groups excluding tert-OH is 1. The first kappa shape index (κ1) is 20.7. The van der Waals surface area contributed by atoms with Gasteiger partial charge in [-0.05, 0) is 25.3 Å². The molecule has 1 fully saturated rings. The summed E-state index contributed by atoms with van der Waals surface area (Å²) in [5, 5.41) is 12.7. The van der Waals surface area contributed by atoms with E-state index >= 15 is 0 Å². The Morgan fingerprint density at radius 1 is 1.39 bits per heavy atom. The molecule has 2 N–H and O–H groups in total. The van der Waals surface area contributed by atoms with E-state index in [2.05, 4.69) is 5.32 Å². The van der Waals surface area contributed by atoms with Gasteiger partial charge in [0.2, 0.25) is 0 Å². The van der Waals surface area contributed by atoms with Gasteiger partial charge in [-0.2, -0.15) is 0 Å². The van der Waals surface area contributed by atoms with Crippen LogP contribution in [-0.4, -0.2) is 67.4 Å². The van der Waals surface area contributed by atoms with Crippen LogP contribution in [0.5, 0.6) is 0 Å². The molecule has 8 heteroatoms. The standard InChI is InChI=1S/C20H26N2O5S/c1-20(2,26-3)19(25)22-9-11-27-14(12-22)16-13-6-4-5-7-15(13)28-17(16)18(24)21-8-10-23/h4-7,14,23H,8-12H2,1-3H3,(H,21,24). The molecule has 2 heterocycles. The molecule has 1 aliphatic heterocycles. The van der Waals surface area contributed by atoms with E-state index in [-0.39, 0.29) is 25.0 Å². The number of benzene rings is 1. The molecule has 0 bridgehead atoms. The normalized spacial score (nSPS) is 17.7. The summed E-state index contributed by atoms with van der Waals surface area (Å²) >= 11 is 1.39. The highest BCUT2D eigenvalue weighted by Crippen LogP contribution is 2.38. The van der Waals surface area contributed by atoms with E-state index in [0.717, 1.165) is 15.6 Å². The Bertz CT molecular complexity index is 863. The summed E-state index contributed by atoms with van der Waals surface area (Å²) in [5.41, 5.74) is -0.122. The van der Waals surface area contributed by atoms with Gasteiger partial charge in [0.1, 0.15) is 11.7 Å². The second kappa shape index (κ2) is 8.57. The number of rotatable bonds is 6. The number of morpholine rings is 1. The highest BCUT2D eigenvalue weighted by atomic mass is 32.1. The summed E-state index contributed by atoms with van der Waals surface area (Å²) in [6.45, 7) is 4.77. The predicted octanol–water partition coefficient (Wildman–Crippen LogP) is 1.95. The lowest BCUT2D eigenvalue weighted by atomic mass is 10.0. The van der Waals surface area contributed by atoms with Crippen molar-refractivity contribution < 1.29 is 24.2 Å². The molecule has 152 valence electrons. The third-order valence-corrected chi connectivity index (χ3v) is 6.12. The molecule has 0 saturated carbocycles. The second-order valence-electron chi connectivity index (χ2n) is 7.15. The van der Waals surface area contributed by atoms with Crippen LogP contribution >= 0.6 is 11.3 Å². The van der Waals surface area contributed by atoms with E-state index in [1.165, 1.54) is 18.4 Å². The fourth-order valence-electron chi connectivity index (χ4n) is 3.28. The molecule has 3 rings (SSSR count). The Balaban J connectivity index is 1.95. The minimum atomic E-state index is -0.917. The Morgan fingerprint density at radius 3 is 2.86 bits per heavy atom. The summed E-state index contributed by atoms with van der Waals surface area (Å²) < 4.78 is 12.3. The monoisotopic (exact) mass is 406 g/mol. The van der Waals surface area contributed by atoms with E-state index in [1.54, 1.807) is 18.7 Å². The highest BCUT2D eigenvalue weighted by molar-refractivity contribution is 7.21. The van der Waals surface area contributed by atoms with Crippen LogP contribution in [0.3, 0.4) is 0 Å². The van der Waals surface area contributed by atoms with Crippen LogP contribution in [0, 0.1) is 0 Å². The van der Waals surface area contributed by atoms with Crippen LogP contribution in [0.2, 0.25) is 0 Å². The van der Waals surface area contributed by atoms with Gasteiger partial charge in [0.25, 0.3) is 11.8 Å². The van der Waals surface area contributed by atoms with E-state index < -0.39 is 11.7 Å². The fraction of sp³-hybridized carbons (Fsp3) is 0.500. The Morgan fingerprint density at radius 2 is 2.14 bits per heavy atom. The smallest absolute Gasteiger partial charge is 0.261 e. The summed E-state index contributed by atoms with van der Waals surface area (Å²) in [4.78, 5) is 27.8. The molecule has 1 aromatic heterocycles. The quantitative estimate of drug-likeness (QED) is 0.766. The first-order valence-electron chi connectivity index (χ1n) is 9.25. The van der Waals surface area contributed by atoms with Gasteiger partial charge in [0.15, 0.2) is 0 Å². The largest absolute Gasteiger partial charge is 0.395 e. The number of carbonyl (C=O) groups is 2. The van der Waals surface area contributed by atoms with E-state index in [4.69, 9.17) is 14.6 Å². The van der Waals surface area contributed by atoms with Crippen molar-refractivity contribution in [2.45, 2.75) is 25.6 Å². The lowest BCUT2D eigenvalue weighted by Gasteiger charge is -2.37. The predicted molar refractivity (Wildman–Crippen MR) is 108 cm³/mol. The first-order valence-corrected chi connectivity index (χ1v) is 10.1. The van der Waals surface area contributed by atoms with Gasteiger partial charge in [0.05, 0.1) is 24.6 Å².